The Morgan fingerprint density at radius 3 is 2.84 bits per heavy atom. The Labute approximate surface area is 122 Å². The van der Waals surface area contributed by atoms with Crippen LogP contribution in [0.3, 0.4) is 0 Å². The molecule has 0 spiro atoms. The molecule has 1 aromatic carbocycles. The van der Waals surface area contributed by atoms with Crippen molar-refractivity contribution in [1.29, 1.82) is 0 Å². The second-order valence-corrected chi connectivity index (χ2v) is 5.46. The highest BCUT2D eigenvalue weighted by atomic mass is 79.9. The van der Waals surface area contributed by atoms with Crippen molar-refractivity contribution in [3.63, 3.8) is 0 Å². The Bertz CT molecular complexity index is 550. The first-order valence-corrected chi connectivity index (χ1v) is 7.20. The van der Waals surface area contributed by atoms with Gasteiger partial charge in [0.05, 0.1) is 11.7 Å². The van der Waals surface area contributed by atoms with Crippen molar-refractivity contribution in [2.45, 2.75) is 32.9 Å². The second-order valence-electron chi connectivity index (χ2n) is 4.60. The largest absolute Gasteiger partial charge is 0.271 e. The van der Waals surface area contributed by atoms with Crippen LogP contribution in [0.2, 0.25) is 0 Å². The van der Waals surface area contributed by atoms with Gasteiger partial charge < -0.3 is 0 Å². The number of hydrazine groups is 1. The molecule has 5 heteroatoms. The molecule has 3 N–H and O–H groups in total. The van der Waals surface area contributed by atoms with Crippen molar-refractivity contribution in [2.75, 3.05) is 0 Å². The predicted octanol–water partition coefficient (Wildman–Crippen LogP) is 2.92. The van der Waals surface area contributed by atoms with Gasteiger partial charge in [-0.2, -0.15) is 5.10 Å². The van der Waals surface area contributed by atoms with Gasteiger partial charge in [-0.1, -0.05) is 35.0 Å². The zero-order valence-corrected chi connectivity index (χ0v) is 12.8. The molecule has 2 aromatic rings. The molecule has 0 saturated heterocycles. The molecule has 1 aromatic heterocycles. The van der Waals surface area contributed by atoms with Gasteiger partial charge in [0, 0.05) is 17.2 Å². The van der Waals surface area contributed by atoms with Gasteiger partial charge >= 0.3 is 0 Å². The molecule has 0 fully saturated rings. The zero-order chi connectivity index (χ0) is 13.8. The van der Waals surface area contributed by atoms with Gasteiger partial charge in [0.1, 0.15) is 0 Å². The summed E-state index contributed by atoms with van der Waals surface area (Å²) in [6.45, 7) is 5.10. The van der Waals surface area contributed by atoms with E-state index >= 15 is 0 Å². The van der Waals surface area contributed by atoms with Gasteiger partial charge in [0.15, 0.2) is 0 Å². The minimum atomic E-state index is -0.0657. The number of halogens is 1. The van der Waals surface area contributed by atoms with E-state index in [0.717, 1.165) is 28.7 Å². The van der Waals surface area contributed by atoms with E-state index in [1.807, 2.05) is 16.9 Å². The maximum Gasteiger partial charge on any atom is 0.0889 e. The molecule has 1 heterocycles. The topological polar surface area (TPSA) is 55.9 Å². The summed E-state index contributed by atoms with van der Waals surface area (Å²) in [5, 5.41) is 4.35. The summed E-state index contributed by atoms with van der Waals surface area (Å²) >= 11 is 3.61. The van der Waals surface area contributed by atoms with E-state index in [1.165, 1.54) is 5.56 Å². The second kappa shape index (κ2) is 6.32. The van der Waals surface area contributed by atoms with Crippen molar-refractivity contribution < 1.29 is 0 Å². The summed E-state index contributed by atoms with van der Waals surface area (Å²) in [5.74, 6) is 5.76. The third kappa shape index (κ3) is 3.05. The fourth-order valence-electron chi connectivity index (χ4n) is 2.19. The fourth-order valence-corrected chi connectivity index (χ4v) is 2.91. The Morgan fingerprint density at radius 1 is 1.42 bits per heavy atom. The molecule has 0 radical (unpaired) electrons. The van der Waals surface area contributed by atoms with E-state index < -0.39 is 0 Å². The molecule has 1 unspecified atom stereocenters. The number of nitrogens with zero attached hydrogens (tertiary/aromatic N) is 2. The first-order chi connectivity index (χ1) is 9.17. The van der Waals surface area contributed by atoms with Crippen LogP contribution in [0, 0.1) is 6.92 Å². The number of benzene rings is 1. The van der Waals surface area contributed by atoms with E-state index in [2.05, 4.69) is 58.5 Å². The summed E-state index contributed by atoms with van der Waals surface area (Å²) in [4.78, 5) is 0. The Morgan fingerprint density at radius 2 is 2.21 bits per heavy atom. The molecule has 102 valence electrons. The molecule has 1 atom stereocenters. The van der Waals surface area contributed by atoms with Crippen LogP contribution in [0.1, 0.15) is 36.2 Å². The van der Waals surface area contributed by atoms with Crippen molar-refractivity contribution >= 4 is 15.9 Å². The van der Waals surface area contributed by atoms with Gasteiger partial charge in [-0.25, -0.2) is 5.43 Å². The number of nitrogens with two attached hydrogens (primary N) is 1. The van der Waals surface area contributed by atoms with E-state index in [9.17, 15) is 0 Å². The number of aromatic nitrogens is 2. The first kappa shape index (κ1) is 14.2. The van der Waals surface area contributed by atoms with Crippen LogP contribution in [0.5, 0.6) is 0 Å². The van der Waals surface area contributed by atoms with Crippen molar-refractivity contribution in [3.8, 4) is 0 Å². The first-order valence-electron chi connectivity index (χ1n) is 6.41. The lowest BCUT2D eigenvalue weighted by Crippen LogP contribution is -2.31. The molecule has 2 rings (SSSR count). The minimum Gasteiger partial charge on any atom is -0.271 e. The standard InChI is InChI=1S/C14H19BrN4/c1-3-8-19-13(6-7-17-19)14(18-16)11-5-4-10(2)9-12(11)15/h4-7,9,14,18H,3,8,16H2,1-2H3. The minimum absolute atomic E-state index is 0.0657. The van der Waals surface area contributed by atoms with Crippen LogP contribution < -0.4 is 11.3 Å². The summed E-state index contributed by atoms with van der Waals surface area (Å²) in [5.41, 5.74) is 6.30. The smallest absolute Gasteiger partial charge is 0.0889 e. The Kier molecular flexibility index (Phi) is 4.74. The zero-order valence-electron chi connectivity index (χ0n) is 11.2. The van der Waals surface area contributed by atoms with Gasteiger partial charge in [0.25, 0.3) is 0 Å². The summed E-state index contributed by atoms with van der Waals surface area (Å²) in [6.07, 6.45) is 2.86. The normalized spacial score (nSPS) is 12.6. The molecule has 0 saturated carbocycles. The average Bonchev–Trinajstić information content (AvgIpc) is 2.82. The molecule has 4 nitrogen and oxygen atoms in total. The highest BCUT2D eigenvalue weighted by Crippen LogP contribution is 2.28. The SMILES string of the molecule is CCCn1nccc1C(NN)c1ccc(C)cc1Br. The molecule has 0 aliphatic rings. The van der Waals surface area contributed by atoms with E-state index in [4.69, 9.17) is 5.84 Å². The Hall–Kier alpha value is -1.17. The number of rotatable bonds is 5. The van der Waals surface area contributed by atoms with Crippen LogP contribution >= 0.6 is 15.9 Å². The molecular formula is C14H19BrN4. The molecule has 19 heavy (non-hydrogen) atoms. The van der Waals surface area contributed by atoms with Crippen LogP contribution in [0.25, 0.3) is 0 Å². The molecule has 0 amide bonds. The van der Waals surface area contributed by atoms with Gasteiger partial charge in [0.2, 0.25) is 0 Å². The third-order valence-corrected chi connectivity index (χ3v) is 3.80. The average molecular weight is 323 g/mol. The number of hydrogen-bond donors (Lipinski definition) is 2. The van der Waals surface area contributed by atoms with Crippen LogP contribution in [-0.4, -0.2) is 9.78 Å². The summed E-state index contributed by atoms with van der Waals surface area (Å²) in [7, 11) is 0. The summed E-state index contributed by atoms with van der Waals surface area (Å²) < 4.78 is 3.05. The van der Waals surface area contributed by atoms with Crippen LogP contribution in [-0.2, 0) is 6.54 Å². The van der Waals surface area contributed by atoms with E-state index in [-0.39, 0.29) is 6.04 Å². The molecule has 0 aliphatic heterocycles. The lowest BCUT2D eigenvalue weighted by atomic mass is 10.0. The monoisotopic (exact) mass is 322 g/mol. The maximum atomic E-state index is 5.76. The third-order valence-electron chi connectivity index (χ3n) is 3.11. The van der Waals surface area contributed by atoms with E-state index in [1.54, 1.807) is 0 Å². The van der Waals surface area contributed by atoms with Crippen molar-refractivity contribution in [2.24, 2.45) is 5.84 Å². The number of nitrogens with one attached hydrogen (secondary N) is 1. The van der Waals surface area contributed by atoms with Gasteiger partial charge in [-0.15, -0.1) is 0 Å². The van der Waals surface area contributed by atoms with E-state index in [0.29, 0.717) is 0 Å². The van der Waals surface area contributed by atoms with Gasteiger partial charge in [-0.05, 0) is 36.6 Å². The fraction of sp³-hybridized carbons (Fsp3) is 0.357. The number of hydrogen-bond acceptors (Lipinski definition) is 3. The predicted molar refractivity (Wildman–Crippen MR) is 80.6 cm³/mol. The summed E-state index contributed by atoms with van der Waals surface area (Å²) in [6, 6.07) is 8.22. The lowest BCUT2D eigenvalue weighted by molar-refractivity contribution is 0.520. The van der Waals surface area contributed by atoms with Crippen molar-refractivity contribution in [1.82, 2.24) is 15.2 Å². The van der Waals surface area contributed by atoms with Crippen LogP contribution in [0.15, 0.2) is 34.9 Å². The van der Waals surface area contributed by atoms with Crippen LogP contribution in [0.4, 0.5) is 0 Å². The molecule has 0 aliphatic carbocycles. The molecule has 0 bridgehead atoms. The highest BCUT2D eigenvalue weighted by molar-refractivity contribution is 9.10. The molecular weight excluding hydrogens is 304 g/mol. The quantitative estimate of drug-likeness (QED) is 0.657. The number of aryl methyl sites for hydroxylation is 2. The van der Waals surface area contributed by atoms with Crippen molar-refractivity contribution in [3.05, 3.63) is 51.8 Å². The Balaban J connectivity index is 2.41. The highest BCUT2D eigenvalue weighted by Gasteiger charge is 2.19. The lowest BCUT2D eigenvalue weighted by Gasteiger charge is -2.19. The van der Waals surface area contributed by atoms with Gasteiger partial charge in [-0.3, -0.25) is 10.5 Å². The maximum absolute atomic E-state index is 5.76.